The Morgan fingerprint density at radius 3 is 1.45 bits per heavy atom. The molecule has 0 aliphatic heterocycles. The number of hydrogen-bond donors (Lipinski definition) is 2. The number of aliphatic hydroxyl groups is 2. The molecule has 0 radical (unpaired) electrons. The minimum atomic E-state index is -0.858. The van der Waals surface area contributed by atoms with E-state index in [1.807, 2.05) is 6.07 Å². The number of allylic oxidation sites excluding steroid dienone is 2. The number of rotatable bonds is 11. The van der Waals surface area contributed by atoms with Crippen molar-refractivity contribution < 1.29 is 19.7 Å². The van der Waals surface area contributed by atoms with Crippen LogP contribution in [0.15, 0.2) is 200 Å². The molecule has 0 amide bonds. The maximum atomic E-state index is 10.4. The summed E-state index contributed by atoms with van der Waals surface area (Å²) in [6.07, 6.45) is 4.14. The van der Waals surface area contributed by atoms with Crippen molar-refractivity contribution in [1.82, 2.24) is 0 Å². The van der Waals surface area contributed by atoms with Gasteiger partial charge in [-0.15, -0.1) is 0 Å². The van der Waals surface area contributed by atoms with Gasteiger partial charge in [-0.3, -0.25) is 0 Å². The number of ether oxygens (including phenoxy) is 2. The Hall–Kier alpha value is -6.82. The highest BCUT2D eigenvalue weighted by Gasteiger charge is 2.46. The van der Waals surface area contributed by atoms with Crippen LogP contribution >= 0.6 is 0 Å². The maximum Gasteiger partial charge on any atom is 0.127 e. The first-order valence-corrected chi connectivity index (χ1v) is 20.6. The molecule has 0 saturated heterocycles. The average molecular weight is 781 g/mol. The zero-order valence-electron chi connectivity index (χ0n) is 33.2. The van der Waals surface area contributed by atoms with Gasteiger partial charge >= 0.3 is 0 Å². The number of aliphatic hydroxyl groups excluding tert-OH is 2. The largest absolute Gasteiger partial charge is 0.491 e. The molecule has 9 aromatic rings. The number of hydrogen-bond acceptors (Lipinski definition) is 4. The van der Waals surface area contributed by atoms with Gasteiger partial charge in [0, 0.05) is 5.56 Å². The summed E-state index contributed by atoms with van der Waals surface area (Å²) in [6, 6.07) is 66.9. The summed E-state index contributed by atoms with van der Waals surface area (Å²) in [5.41, 5.74) is 7.38. The van der Waals surface area contributed by atoms with Crippen molar-refractivity contribution in [3.8, 4) is 16.9 Å². The van der Waals surface area contributed by atoms with E-state index >= 15 is 0 Å². The lowest BCUT2D eigenvalue weighted by Gasteiger charge is -2.44. The second kappa shape index (κ2) is 16.1. The van der Waals surface area contributed by atoms with Gasteiger partial charge in [0.1, 0.15) is 18.5 Å². The first-order valence-electron chi connectivity index (χ1n) is 20.6. The highest BCUT2D eigenvalue weighted by molar-refractivity contribution is 5.97. The lowest BCUT2D eigenvalue weighted by Crippen LogP contribution is -2.44. The van der Waals surface area contributed by atoms with Crippen LogP contribution < -0.4 is 4.74 Å². The van der Waals surface area contributed by atoms with Gasteiger partial charge in [-0.05, 0) is 125 Å². The van der Waals surface area contributed by atoms with Crippen molar-refractivity contribution >= 4 is 54.2 Å². The third-order valence-corrected chi connectivity index (χ3v) is 12.0. The SMILES string of the molecule is OCCOc1ccc(C2=CC(c3ccc4ccccc4c3)(c3ccc4ccccc4c3)C(OCCO)C(c3ccc4ccccc4c3)=C2)cc1-c1ccc2ccccc2c1. The molecular weight excluding hydrogens is 737 g/mol. The Morgan fingerprint density at radius 2 is 0.900 bits per heavy atom. The fourth-order valence-corrected chi connectivity index (χ4v) is 9.12. The summed E-state index contributed by atoms with van der Waals surface area (Å²) < 4.78 is 13.3. The van der Waals surface area contributed by atoms with Gasteiger partial charge in [-0.1, -0.05) is 158 Å². The minimum absolute atomic E-state index is 0.0861. The number of fused-ring (bicyclic) bond motifs is 4. The van der Waals surface area contributed by atoms with Crippen molar-refractivity contribution in [2.75, 3.05) is 26.4 Å². The van der Waals surface area contributed by atoms with Crippen LogP contribution in [-0.2, 0) is 10.2 Å². The van der Waals surface area contributed by atoms with E-state index in [1.165, 1.54) is 0 Å². The summed E-state index contributed by atoms with van der Waals surface area (Å²) in [4.78, 5) is 0. The summed E-state index contributed by atoms with van der Waals surface area (Å²) in [5, 5.41) is 29.4. The summed E-state index contributed by atoms with van der Waals surface area (Å²) in [5.74, 6) is 0.706. The van der Waals surface area contributed by atoms with E-state index in [-0.39, 0.29) is 26.4 Å². The predicted molar refractivity (Wildman–Crippen MR) is 247 cm³/mol. The van der Waals surface area contributed by atoms with Crippen LogP contribution in [-0.4, -0.2) is 42.7 Å². The van der Waals surface area contributed by atoms with Crippen LogP contribution in [0.5, 0.6) is 5.75 Å². The van der Waals surface area contributed by atoms with E-state index in [4.69, 9.17) is 9.47 Å². The fourth-order valence-electron chi connectivity index (χ4n) is 9.12. The Morgan fingerprint density at radius 1 is 0.433 bits per heavy atom. The molecule has 0 fully saturated rings. The van der Waals surface area contributed by atoms with Crippen molar-refractivity contribution in [2.45, 2.75) is 11.5 Å². The lowest BCUT2D eigenvalue weighted by atomic mass is 9.63. The Bertz CT molecular complexity index is 3020. The average Bonchev–Trinajstić information content (AvgIpc) is 3.31. The summed E-state index contributed by atoms with van der Waals surface area (Å²) >= 11 is 0. The monoisotopic (exact) mass is 780 g/mol. The molecule has 9 aromatic carbocycles. The molecule has 4 heteroatoms. The number of benzene rings is 9. The second-order valence-electron chi connectivity index (χ2n) is 15.6. The topological polar surface area (TPSA) is 58.9 Å². The van der Waals surface area contributed by atoms with Crippen molar-refractivity contribution in [2.24, 2.45) is 0 Å². The van der Waals surface area contributed by atoms with Gasteiger partial charge in [0.05, 0.1) is 25.2 Å². The van der Waals surface area contributed by atoms with Gasteiger partial charge in [0.2, 0.25) is 0 Å². The zero-order valence-corrected chi connectivity index (χ0v) is 33.2. The van der Waals surface area contributed by atoms with E-state index in [9.17, 15) is 10.2 Å². The Balaban J connectivity index is 1.28. The van der Waals surface area contributed by atoms with Crippen LogP contribution in [0.2, 0.25) is 0 Å². The van der Waals surface area contributed by atoms with Crippen LogP contribution in [0.25, 0.3) is 65.4 Å². The van der Waals surface area contributed by atoms with Crippen LogP contribution in [0.1, 0.15) is 22.3 Å². The first-order chi connectivity index (χ1) is 29.6. The van der Waals surface area contributed by atoms with Gasteiger partial charge in [0.15, 0.2) is 0 Å². The molecule has 1 aliphatic carbocycles. The normalized spacial score (nSPS) is 15.0. The van der Waals surface area contributed by atoms with E-state index in [2.05, 4.69) is 194 Å². The summed E-state index contributed by atoms with van der Waals surface area (Å²) in [7, 11) is 0. The van der Waals surface area contributed by atoms with Gasteiger partial charge < -0.3 is 19.7 Å². The van der Waals surface area contributed by atoms with Gasteiger partial charge in [0.25, 0.3) is 0 Å². The standard InChI is InChI=1S/C56H44O4/c57-27-29-59-54-26-23-46(35-52(54)47-19-17-38-9-1-5-13-42(38)31-47)49-36-53(48-20-18-39-10-2-6-14-43(39)32-48)55(60-30-28-58)56(37-49,50-24-21-40-11-3-7-15-44(40)33-50)51-25-22-41-12-4-8-16-45(41)34-51/h1-26,31-37,55,57-58H,27-30H2. The molecule has 1 aliphatic rings. The van der Waals surface area contributed by atoms with E-state index in [1.54, 1.807) is 0 Å². The van der Waals surface area contributed by atoms with E-state index < -0.39 is 11.5 Å². The molecule has 4 nitrogen and oxygen atoms in total. The molecule has 0 aromatic heterocycles. The van der Waals surface area contributed by atoms with Crippen LogP contribution in [0.4, 0.5) is 0 Å². The molecule has 1 unspecified atom stereocenters. The van der Waals surface area contributed by atoms with Crippen molar-refractivity contribution in [3.63, 3.8) is 0 Å². The molecule has 10 rings (SSSR count). The molecule has 0 saturated carbocycles. The third-order valence-electron chi connectivity index (χ3n) is 12.0. The van der Waals surface area contributed by atoms with Crippen molar-refractivity contribution in [1.29, 1.82) is 0 Å². The fraction of sp³-hybridized carbons (Fsp3) is 0.107. The van der Waals surface area contributed by atoms with Gasteiger partial charge in [-0.25, -0.2) is 0 Å². The molecule has 0 bridgehead atoms. The molecular formula is C56H44O4. The predicted octanol–water partition coefficient (Wildman–Crippen LogP) is 12.2. The van der Waals surface area contributed by atoms with E-state index in [0.717, 1.165) is 87.6 Å². The smallest absolute Gasteiger partial charge is 0.127 e. The highest BCUT2D eigenvalue weighted by atomic mass is 16.5. The molecule has 0 heterocycles. The second-order valence-corrected chi connectivity index (χ2v) is 15.6. The summed E-state index contributed by atoms with van der Waals surface area (Å²) in [6.45, 7) is 0.140. The maximum absolute atomic E-state index is 10.4. The molecule has 0 spiro atoms. The van der Waals surface area contributed by atoms with Crippen molar-refractivity contribution in [3.05, 3.63) is 222 Å². The highest BCUT2D eigenvalue weighted by Crippen LogP contribution is 2.51. The van der Waals surface area contributed by atoms with Crippen LogP contribution in [0.3, 0.4) is 0 Å². The quantitative estimate of drug-likeness (QED) is 0.137. The minimum Gasteiger partial charge on any atom is -0.491 e. The first kappa shape index (κ1) is 37.5. The molecule has 292 valence electrons. The Kier molecular flexibility index (Phi) is 10.0. The molecule has 2 N–H and O–H groups in total. The van der Waals surface area contributed by atoms with E-state index in [0.29, 0.717) is 5.75 Å². The third kappa shape index (κ3) is 6.85. The molecule has 60 heavy (non-hydrogen) atoms. The van der Waals surface area contributed by atoms with Gasteiger partial charge in [-0.2, -0.15) is 0 Å². The zero-order chi connectivity index (χ0) is 40.5. The Labute approximate surface area is 349 Å². The molecule has 1 atom stereocenters. The van der Waals surface area contributed by atoms with Crippen LogP contribution in [0, 0.1) is 0 Å². The lowest BCUT2D eigenvalue weighted by molar-refractivity contribution is 0.0360.